The van der Waals surface area contributed by atoms with Gasteiger partial charge >= 0.3 is 5.91 Å². The van der Waals surface area contributed by atoms with Crippen LogP contribution in [-0.4, -0.2) is 31.8 Å². The number of ether oxygens (including phenoxy) is 1. The van der Waals surface area contributed by atoms with Gasteiger partial charge in [0.15, 0.2) is 17.1 Å². The summed E-state index contributed by atoms with van der Waals surface area (Å²) in [5, 5.41) is 4.99. The van der Waals surface area contributed by atoms with Crippen LogP contribution in [-0.2, 0) is 0 Å². The summed E-state index contributed by atoms with van der Waals surface area (Å²) in [6, 6.07) is 11.6. The first-order valence-corrected chi connectivity index (χ1v) is 10.5. The third-order valence-electron chi connectivity index (χ3n) is 6.34. The molecule has 2 heterocycles. The summed E-state index contributed by atoms with van der Waals surface area (Å²) >= 11 is 0. The molecule has 0 bridgehead atoms. The minimum absolute atomic E-state index is 0.123. The quantitative estimate of drug-likeness (QED) is 0.464. The number of fused-ring (bicyclic) bond motifs is 2. The van der Waals surface area contributed by atoms with E-state index in [0.717, 1.165) is 22.9 Å². The SMILES string of the molecule is COc1cccc2cc(C(=O)N/N=C\c3cc4c(cc3C)N(C)C(C)(C)C[C@H]4C)oc12. The van der Waals surface area contributed by atoms with Gasteiger partial charge in [0.1, 0.15) is 0 Å². The highest BCUT2D eigenvalue weighted by Gasteiger charge is 2.34. The highest BCUT2D eigenvalue weighted by Crippen LogP contribution is 2.43. The molecular formula is C25H29N3O3. The van der Waals surface area contributed by atoms with E-state index in [0.29, 0.717) is 17.3 Å². The van der Waals surface area contributed by atoms with Crippen molar-refractivity contribution >= 4 is 28.8 Å². The number of nitrogens with one attached hydrogen (secondary N) is 1. The molecule has 0 radical (unpaired) electrons. The van der Waals surface area contributed by atoms with Gasteiger partial charge in [-0.1, -0.05) is 19.1 Å². The molecule has 0 spiro atoms. The molecule has 1 aromatic heterocycles. The van der Waals surface area contributed by atoms with E-state index < -0.39 is 5.91 Å². The number of para-hydroxylation sites is 1. The first kappa shape index (κ1) is 21.0. The van der Waals surface area contributed by atoms with Gasteiger partial charge < -0.3 is 14.1 Å². The van der Waals surface area contributed by atoms with E-state index in [4.69, 9.17) is 9.15 Å². The molecule has 1 amide bonds. The van der Waals surface area contributed by atoms with Crippen molar-refractivity contribution in [2.45, 2.75) is 45.6 Å². The number of aryl methyl sites for hydroxylation is 1. The van der Waals surface area contributed by atoms with Crippen LogP contribution in [0.15, 0.2) is 45.9 Å². The Morgan fingerprint density at radius 1 is 1.32 bits per heavy atom. The third kappa shape index (κ3) is 3.78. The Hall–Kier alpha value is -3.28. The highest BCUT2D eigenvalue weighted by molar-refractivity contribution is 5.97. The zero-order valence-corrected chi connectivity index (χ0v) is 18.9. The zero-order valence-electron chi connectivity index (χ0n) is 18.9. The lowest BCUT2D eigenvalue weighted by Gasteiger charge is -2.45. The lowest BCUT2D eigenvalue weighted by Crippen LogP contribution is -2.45. The van der Waals surface area contributed by atoms with E-state index >= 15 is 0 Å². The van der Waals surface area contributed by atoms with E-state index in [2.05, 4.69) is 62.3 Å². The standard InChI is InChI=1S/C25H29N3O3/c1-15-10-20-19(16(2)13-25(3,4)28(20)5)11-18(15)14-26-27-24(29)22-12-17-8-7-9-21(30-6)23(17)31-22/h7-12,14,16H,13H2,1-6H3,(H,27,29)/b26-14-/t16-/m1/s1. The van der Waals surface area contributed by atoms with Crippen LogP contribution < -0.4 is 15.1 Å². The summed E-state index contributed by atoms with van der Waals surface area (Å²) in [4.78, 5) is 14.9. The topological polar surface area (TPSA) is 67.1 Å². The van der Waals surface area contributed by atoms with E-state index in [1.54, 1.807) is 25.5 Å². The molecule has 1 atom stereocenters. The number of anilines is 1. The molecule has 1 aliphatic rings. The number of furan rings is 1. The van der Waals surface area contributed by atoms with Crippen molar-refractivity contribution in [2.75, 3.05) is 19.1 Å². The monoisotopic (exact) mass is 419 g/mol. The molecule has 1 N–H and O–H groups in total. The van der Waals surface area contributed by atoms with Crippen molar-refractivity contribution in [3.8, 4) is 5.75 Å². The molecule has 6 heteroatoms. The smallest absolute Gasteiger partial charge is 0.307 e. The normalized spacial score (nSPS) is 17.7. The zero-order chi connectivity index (χ0) is 22.3. The third-order valence-corrected chi connectivity index (χ3v) is 6.34. The summed E-state index contributed by atoms with van der Waals surface area (Å²) in [7, 11) is 3.72. The van der Waals surface area contributed by atoms with Crippen molar-refractivity contribution in [3.63, 3.8) is 0 Å². The molecule has 4 rings (SSSR count). The Balaban J connectivity index is 1.54. The number of hydrogen-bond acceptors (Lipinski definition) is 5. The largest absolute Gasteiger partial charge is 0.493 e. The number of carbonyl (C=O) groups is 1. The summed E-state index contributed by atoms with van der Waals surface area (Å²) in [5.41, 5.74) is 7.92. The number of carbonyl (C=O) groups excluding carboxylic acids is 1. The molecule has 0 aliphatic carbocycles. The maximum Gasteiger partial charge on any atom is 0.307 e. The van der Waals surface area contributed by atoms with E-state index in [1.165, 1.54) is 11.3 Å². The van der Waals surface area contributed by atoms with Crippen molar-refractivity contribution in [3.05, 3.63) is 58.8 Å². The van der Waals surface area contributed by atoms with Crippen molar-refractivity contribution < 1.29 is 13.9 Å². The Labute approximate surface area is 182 Å². The number of hydrogen-bond donors (Lipinski definition) is 1. The van der Waals surface area contributed by atoms with Crippen LogP contribution >= 0.6 is 0 Å². The van der Waals surface area contributed by atoms with E-state index in [-0.39, 0.29) is 11.3 Å². The molecule has 1 aliphatic heterocycles. The molecule has 0 saturated carbocycles. The second-order valence-electron chi connectivity index (χ2n) is 8.93. The minimum Gasteiger partial charge on any atom is -0.493 e. The van der Waals surface area contributed by atoms with Gasteiger partial charge in [0.2, 0.25) is 0 Å². The van der Waals surface area contributed by atoms with Gasteiger partial charge in [-0.15, -0.1) is 0 Å². The predicted molar refractivity (Wildman–Crippen MR) is 125 cm³/mol. The van der Waals surface area contributed by atoms with Crippen molar-refractivity contribution in [2.24, 2.45) is 5.10 Å². The average Bonchev–Trinajstić information content (AvgIpc) is 3.17. The molecule has 162 valence electrons. The van der Waals surface area contributed by atoms with Gasteiger partial charge in [-0.2, -0.15) is 5.10 Å². The number of methoxy groups -OCH3 is 1. The molecule has 31 heavy (non-hydrogen) atoms. The number of amides is 1. The fourth-order valence-corrected chi connectivity index (χ4v) is 4.40. The lowest BCUT2D eigenvalue weighted by atomic mass is 9.79. The Morgan fingerprint density at radius 3 is 2.84 bits per heavy atom. The number of hydrazone groups is 1. The second kappa shape index (κ2) is 7.76. The number of benzene rings is 2. The van der Waals surface area contributed by atoms with Gasteiger partial charge in [-0.25, -0.2) is 5.43 Å². The van der Waals surface area contributed by atoms with Gasteiger partial charge in [0.25, 0.3) is 0 Å². The maximum absolute atomic E-state index is 12.5. The lowest BCUT2D eigenvalue weighted by molar-refractivity contribution is 0.0929. The van der Waals surface area contributed by atoms with Crippen LogP contribution in [0.2, 0.25) is 0 Å². The van der Waals surface area contributed by atoms with Gasteiger partial charge in [-0.05, 0) is 74.1 Å². The van der Waals surface area contributed by atoms with Gasteiger partial charge in [-0.3, -0.25) is 4.79 Å². The van der Waals surface area contributed by atoms with Gasteiger partial charge in [0, 0.05) is 23.7 Å². The van der Waals surface area contributed by atoms with E-state index in [1.807, 2.05) is 12.1 Å². The van der Waals surface area contributed by atoms with Crippen molar-refractivity contribution in [1.82, 2.24) is 5.43 Å². The number of nitrogens with zero attached hydrogens (tertiary/aromatic N) is 2. The fraction of sp³-hybridized carbons (Fsp3) is 0.360. The minimum atomic E-state index is -0.403. The van der Waals surface area contributed by atoms with Crippen LogP contribution in [0.1, 0.15) is 60.4 Å². The molecule has 0 fully saturated rings. The van der Waals surface area contributed by atoms with E-state index in [9.17, 15) is 4.79 Å². The molecule has 6 nitrogen and oxygen atoms in total. The van der Waals surface area contributed by atoms with Crippen molar-refractivity contribution in [1.29, 1.82) is 0 Å². The van der Waals surface area contributed by atoms with Crippen LogP contribution in [0.3, 0.4) is 0 Å². The fourth-order valence-electron chi connectivity index (χ4n) is 4.40. The van der Waals surface area contributed by atoms with Crippen LogP contribution in [0.25, 0.3) is 11.0 Å². The van der Waals surface area contributed by atoms with Crippen LogP contribution in [0, 0.1) is 6.92 Å². The predicted octanol–water partition coefficient (Wildman–Crippen LogP) is 5.24. The molecule has 2 aromatic carbocycles. The first-order chi connectivity index (χ1) is 14.7. The molecular weight excluding hydrogens is 390 g/mol. The summed E-state index contributed by atoms with van der Waals surface area (Å²) in [5.74, 6) is 0.831. The molecule has 3 aromatic rings. The Kier molecular flexibility index (Phi) is 5.25. The number of rotatable bonds is 4. The highest BCUT2D eigenvalue weighted by atomic mass is 16.5. The Bertz CT molecular complexity index is 1180. The molecule has 0 unspecified atom stereocenters. The maximum atomic E-state index is 12.5. The summed E-state index contributed by atoms with van der Waals surface area (Å²) in [6.45, 7) is 8.89. The van der Waals surface area contributed by atoms with Crippen LogP contribution in [0.4, 0.5) is 5.69 Å². The van der Waals surface area contributed by atoms with Crippen LogP contribution in [0.5, 0.6) is 5.75 Å². The Morgan fingerprint density at radius 2 is 2.10 bits per heavy atom. The first-order valence-electron chi connectivity index (χ1n) is 10.5. The summed E-state index contributed by atoms with van der Waals surface area (Å²) in [6.07, 6.45) is 2.78. The summed E-state index contributed by atoms with van der Waals surface area (Å²) < 4.78 is 11.0. The molecule has 0 saturated heterocycles. The van der Waals surface area contributed by atoms with Gasteiger partial charge in [0.05, 0.1) is 13.3 Å². The average molecular weight is 420 g/mol. The second-order valence-corrected chi connectivity index (χ2v) is 8.93.